The van der Waals surface area contributed by atoms with Crippen LogP contribution in [0, 0.1) is 0 Å². The Kier molecular flexibility index (Phi) is 3.63. The third-order valence-corrected chi connectivity index (χ3v) is 3.24. The van der Waals surface area contributed by atoms with Gasteiger partial charge in [-0.25, -0.2) is 0 Å². The van der Waals surface area contributed by atoms with Gasteiger partial charge in [0.1, 0.15) is 0 Å². The minimum absolute atomic E-state index is 0.169. The molecule has 0 saturated carbocycles. The van der Waals surface area contributed by atoms with Crippen molar-refractivity contribution in [2.24, 2.45) is 0 Å². The number of nitrogens with one attached hydrogen (secondary N) is 1. The lowest BCUT2D eigenvalue weighted by atomic mass is 10.2. The van der Waals surface area contributed by atoms with E-state index in [-0.39, 0.29) is 6.04 Å². The zero-order valence-corrected chi connectivity index (χ0v) is 10.4. The monoisotopic (exact) mass is 309 g/mol. The molecule has 1 fully saturated rings. The maximum atomic E-state index is 12.4. The summed E-state index contributed by atoms with van der Waals surface area (Å²) in [7, 11) is 0. The molecule has 1 unspecified atom stereocenters. The topological polar surface area (TPSA) is 21.3 Å². The second-order valence-electron chi connectivity index (χ2n) is 3.90. The molecule has 1 saturated heterocycles. The Morgan fingerprint density at radius 2 is 2.12 bits per heavy atom. The maximum Gasteiger partial charge on any atom is 0.416 e. The summed E-state index contributed by atoms with van der Waals surface area (Å²) in [6, 6.07) is 3.76. The first kappa shape index (κ1) is 12.7. The Labute approximate surface area is 105 Å². The van der Waals surface area contributed by atoms with Crippen LogP contribution in [0.25, 0.3) is 0 Å². The molecule has 6 heteroatoms. The molecule has 1 N–H and O–H groups in total. The Morgan fingerprint density at radius 1 is 1.35 bits per heavy atom. The van der Waals surface area contributed by atoms with Gasteiger partial charge in [0.2, 0.25) is 0 Å². The van der Waals surface area contributed by atoms with Crippen molar-refractivity contribution in [2.75, 3.05) is 18.5 Å². The van der Waals surface area contributed by atoms with Gasteiger partial charge in [-0.1, -0.05) is 0 Å². The Balaban J connectivity index is 2.14. The second-order valence-corrected chi connectivity index (χ2v) is 4.75. The fourth-order valence-electron chi connectivity index (χ4n) is 1.68. The molecule has 0 amide bonds. The molecule has 1 aromatic carbocycles. The molecular weight excluding hydrogens is 299 g/mol. The summed E-state index contributed by atoms with van der Waals surface area (Å²) in [4.78, 5) is 0. The fraction of sp³-hybridized carbons (Fsp3) is 0.455. The van der Waals surface area contributed by atoms with E-state index in [4.69, 9.17) is 4.74 Å². The van der Waals surface area contributed by atoms with Crippen LogP contribution in [0.1, 0.15) is 12.0 Å². The average Bonchev–Trinajstić information content (AvgIpc) is 2.72. The Morgan fingerprint density at radius 3 is 2.65 bits per heavy atom. The minimum Gasteiger partial charge on any atom is -0.379 e. The summed E-state index contributed by atoms with van der Waals surface area (Å²) < 4.78 is 42.9. The van der Waals surface area contributed by atoms with Crippen LogP contribution in [-0.2, 0) is 10.9 Å². The van der Waals surface area contributed by atoms with Crippen molar-refractivity contribution in [1.82, 2.24) is 0 Å². The van der Waals surface area contributed by atoms with Crippen molar-refractivity contribution < 1.29 is 17.9 Å². The molecule has 0 spiro atoms. The SMILES string of the molecule is FC(F)(F)c1ccc(NC2CCOC2)c(Br)c1. The minimum atomic E-state index is -4.31. The van der Waals surface area contributed by atoms with Crippen molar-refractivity contribution in [1.29, 1.82) is 0 Å². The fourth-order valence-corrected chi connectivity index (χ4v) is 2.17. The van der Waals surface area contributed by atoms with Gasteiger partial charge >= 0.3 is 6.18 Å². The van der Waals surface area contributed by atoms with Crippen LogP contribution >= 0.6 is 15.9 Å². The van der Waals surface area contributed by atoms with E-state index in [0.717, 1.165) is 18.6 Å². The summed E-state index contributed by atoms with van der Waals surface area (Å²) in [5, 5.41) is 3.15. The van der Waals surface area contributed by atoms with Crippen molar-refractivity contribution in [3.63, 3.8) is 0 Å². The molecule has 1 aromatic rings. The Hall–Kier alpha value is -0.750. The third-order valence-electron chi connectivity index (χ3n) is 2.59. The van der Waals surface area contributed by atoms with Crippen LogP contribution in [0.2, 0.25) is 0 Å². The number of ether oxygens (including phenoxy) is 1. The molecule has 0 aliphatic carbocycles. The van der Waals surface area contributed by atoms with Crippen molar-refractivity contribution in [2.45, 2.75) is 18.6 Å². The van der Waals surface area contributed by atoms with Gasteiger partial charge in [0.05, 0.1) is 18.2 Å². The lowest BCUT2D eigenvalue weighted by molar-refractivity contribution is -0.137. The zero-order chi connectivity index (χ0) is 12.5. The van der Waals surface area contributed by atoms with Gasteiger partial charge in [0, 0.05) is 16.8 Å². The van der Waals surface area contributed by atoms with Crippen LogP contribution in [0.15, 0.2) is 22.7 Å². The molecule has 17 heavy (non-hydrogen) atoms. The highest BCUT2D eigenvalue weighted by Gasteiger charge is 2.31. The first-order chi connectivity index (χ1) is 7.97. The molecule has 2 rings (SSSR count). The van der Waals surface area contributed by atoms with Gasteiger partial charge in [-0.2, -0.15) is 13.2 Å². The van der Waals surface area contributed by atoms with Crippen molar-refractivity contribution in [3.8, 4) is 0 Å². The summed E-state index contributed by atoms with van der Waals surface area (Å²) >= 11 is 3.14. The summed E-state index contributed by atoms with van der Waals surface area (Å²) in [5.41, 5.74) is 0.00565. The van der Waals surface area contributed by atoms with Crippen LogP contribution in [0.5, 0.6) is 0 Å². The molecule has 0 bridgehead atoms. The number of benzene rings is 1. The van der Waals surface area contributed by atoms with Crippen LogP contribution in [0.4, 0.5) is 18.9 Å². The van der Waals surface area contributed by atoms with Gasteiger partial charge in [0.25, 0.3) is 0 Å². The number of halogens is 4. The van der Waals surface area contributed by atoms with Crippen molar-refractivity contribution >= 4 is 21.6 Å². The van der Waals surface area contributed by atoms with Crippen molar-refractivity contribution in [3.05, 3.63) is 28.2 Å². The molecule has 94 valence electrons. The predicted molar refractivity (Wildman–Crippen MR) is 62.0 cm³/mol. The molecule has 0 radical (unpaired) electrons. The van der Waals surface area contributed by atoms with Gasteiger partial charge in [-0.15, -0.1) is 0 Å². The molecule has 0 aromatic heterocycles. The quantitative estimate of drug-likeness (QED) is 0.900. The van der Waals surface area contributed by atoms with Gasteiger partial charge in [-0.05, 0) is 40.5 Å². The van der Waals surface area contributed by atoms with E-state index >= 15 is 0 Å². The van der Waals surface area contributed by atoms with Crippen LogP contribution < -0.4 is 5.32 Å². The summed E-state index contributed by atoms with van der Waals surface area (Å²) in [6.45, 7) is 1.28. The molecule has 1 aliphatic heterocycles. The predicted octanol–water partition coefficient (Wildman–Crippen LogP) is 3.67. The highest BCUT2D eigenvalue weighted by Crippen LogP contribution is 2.34. The lowest BCUT2D eigenvalue weighted by Gasteiger charge is -2.15. The number of hydrogen-bond acceptors (Lipinski definition) is 2. The normalized spacial score (nSPS) is 20.6. The van der Waals surface area contributed by atoms with E-state index in [1.165, 1.54) is 6.07 Å². The van der Waals surface area contributed by atoms with E-state index in [2.05, 4.69) is 21.2 Å². The highest BCUT2D eigenvalue weighted by atomic mass is 79.9. The van der Waals surface area contributed by atoms with Gasteiger partial charge in [-0.3, -0.25) is 0 Å². The van der Waals surface area contributed by atoms with Gasteiger partial charge in [0.15, 0.2) is 0 Å². The molecule has 1 atom stereocenters. The number of anilines is 1. The second kappa shape index (κ2) is 4.86. The van der Waals surface area contributed by atoms with Crippen LogP contribution in [-0.4, -0.2) is 19.3 Å². The number of rotatable bonds is 2. The van der Waals surface area contributed by atoms with Crippen LogP contribution in [0.3, 0.4) is 0 Å². The smallest absolute Gasteiger partial charge is 0.379 e. The van der Waals surface area contributed by atoms with E-state index in [0.29, 0.717) is 23.4 Å². The highest BCUT2D eigenvalue weighted by molar-refractivity contribution is 9.10. The Bertz CT molecular complexity index is 402. The largest absolute Gasteiger partial charge is 0.416 e. The first-order valence-corrected chi connectivity index (χ1v) is 5.97. The molecule has 1 aliphatic rings. The average molecular weight is 310 g/mol. The van der Waals surface area contributed by atoms with E-state index in [1.54, 1.807) is 0 Å². The van der Waals surface area contributed by atoms with E-state index < -0.39 is 11.7 Å². The lowest BCUT2D eigenvalue weighted by Crippen LogP contribution is -2.19. The standard InChI is InChI=1S/C11H11BrF3NO/c12-9-5-7(11(13,14)15)1-2-10(9)16-8-3-4-17-6-8/h1-2,5,8,16H,3-4,6H2. The molecule has 1 heterocycles. The maximum absolute atomic E-state index is 12.4. The third kappa shape index (κ3) is 3.13. The first-order valence-electron chi connectivity index (χ1n) is 5.18. The molecule has 2 nitrogen and oxygen atoms in total. The summed E-state index contributed by atoms with van der Waals surface area (Å²) in [6.07, 6.45) is -3.44. The number of hydrogen-bond donors (Lipinski definition) is 1. The zero-order valence-electron chi connectivity index (χ0n) is 8.85. The number of alkyl halides is 3. The summed E-state index contributed by atoms with van der Waals surface area (Å²) in [5.74, 6) is 0. The molecular formula is C11H11BrF3NO. The van der Waals surface area contributed by atoms with E-state index in [1.807, 2.05) is 0 Å². The van der Waals surface area contributed by atoms with E-state index in [9.17, 15) is 13.2 Å². The van der Waals surface area contributed by atoms with Gasteiger partial charge < -0.3 is 10.1 Å².